The number of hydrogen-bond acceptors (Lipinski definition) is 4. The largest absolute Gasteiger partial charge is 0.384 e. The van der Waals surface area contributed by atoms with Crippen molar-refractivity contribution in [2.45, 2.75) is 19.8 Å². The van der Waals surface area contributed by atoms with E-state index in [2.05, 4.69) is 15.6 Å². The summed E-state index contributed by atoms with van der Waals surface area (Å²) in [5, 5.41) is 6.48. The van der Waals surface area contributed by atoms with E-state index >= 15 is 0 Å². The number of rotatable bonds is 4. The Morgan fingerprint density at radius 1 is 1.55 bits per heavy atom. The zero-order chi connectivity index (χ0) is 14.6. The Morgan fingerprint density at radius 2 is 2.25 bits per heavy atom. The third-order valence-corrected chi connectivity index (χ3v) is 3.99. The van der Waals surface area contributed by atoms with E-state index in [1.54, 1.807) is 13.3 Å². The smallest absolute Gasteiger partial charge is 0.233 e. The molecule has 1 amide bonds. The number of ether oxygens (including phenoxy) is 1. The summed E-state index contributed by atoms with van der Waals surface area (Å²) in [6.45, 7) is 3.96. The fraction of sp³-hybridized carbons (Fsp3) is 0.571. The van der Waals surface area contributed by atoms with Gasteiger partial charge in [0.15, 0.2) is 5.15 Å². The van der Waals surface area contributed by atoms with Gasteiger partial charge in [-0.1, -0.05) is 11.6 Å². The van der Waals surface area contributed by atoms with E-state index in [9.17, 15) is 4.79 Å². The van der Waals surface area contributed by atoms with Gasteiger partial charge < -0.3 is 15.4 Å². The third-order valence-electron chi connectivity index (χ3n) is 3.69. The van der Waals surface area contributed by atoms with Crippen molar-refractivity contribution in [3.05, 3.63) is 23.0 Å². The molecule has 0 unspecified atom stereocenters. The number of amides is 1. The summed E-state index contributed by atoms with van der Waals surface area (Å²) in [5.41, 5.74) is 1.02. The molecule has 2 heterocycles. The lowest BCUT2D eigenvalue weighted by atomic mass is 9.78. The van der Waals surface area contributed by atoms with E-state index in [0.717, 1.165) is 31.5 Å². The van der Waals surface area contributed by atoms with Crippen LogP contribution in [0.1, 0.15) is 18.4 Å². The summed E-state index contributed by atoms with van der Waals surface area (Å²) < 4.78 is 5.26. The zero-order valence-corrected chi connectivity index (χ0v) is 12.6. The lowest BCUT2D eigenvalue weighted by Gasteiger charge is -2.35. The van der Waals surface area contributed by atoms with Gasteiger partial charge in [-0.25, -0.2) is 4.98 Å². The Labute approximate surface area is 124 Å². The summed E-state index contributed by atoms with van der Waals surface area (Å²) in [6, 6.07) is 1.83. The van der Waals surface area contributed by atoms with Gasteiger partial charge in [-0.3, -0.25) is 4.79 Å². The van der Waals surface area contributed by atoms with E-state index in [-0.39, 0.29) is 5.91 Å². The molecule has 0 saturated carbocycles. The predicted octanol–water partition coefficient (Wildman–Crippen LogP) is 2.00. The van der Waals surface area contributed by atoms with Crippen LogP contribution in [0.25, 0.3) is 0 Å². The maximum atomic E-state index is 12.6. The first kappa shape index (κ1) is 15.2. The predicted molar refractivity (Wildman–Crippen MR) is 79.0 cm³/mol. The number of aromatic nitrogens is 1. The van der Waals surface area contributed by atoms with Gasteiger partial charge in [-0.2, -0.15) is 0 Å². The summed E-state index contributed by atoms with van der Waals surface area (Å²) >= 11 is 6.03. The van der Waals surface area contributed by atoms with Gasteiger partial charge in [-0.15, -0.1) is 0 Å². The highest BCUT2D eigenvalue weighted by molar-refractivity contribution is 6.32. The average molecular weight is 298 g/mol. The van der Waals surface area contributed by atoms with Crippen molar-refractivity contribution >= 4 is 23.2 Å². The Hall–Kier alpha value is -1.17. The van der Waals surface area contributed by atoms with E-state index < -0.39 is 5.41 Å². The summed E-state index contributed by atoms with van der Waals surface area (Å²) in [6.07, 6.45) is 3.18. The number of nitrogens with zero attached hydrogens (tertiary/aromatic N) is 1. The van der Waals surface area contributed by atoms with Crippen molar-refractivity contribution in [2.24, 2.45) is 5.41 Å². The van der Waals surface area contributed by atoms with Crippen LogP contribution in [0.2, 0.25) is 5.15 Å². The number of carbonyl (C=O) groups excluding carboxylic acids is 1. The van der Waals surface area contributed by atoms with Crippen LogP contribution < -0.4 is 10.6 Å². The number of hydrogen-bond donors (Lipinski definition) is 2. The quantitative estimate of drug-likeness (QED) is 0.835. The Kier molecular flexibility index (Phi) is 4.96. The van der Waals surface area contributed by atoms with Gasteiger partial charge in [0.1, 0.15) is 0 Å². The number of carbonyl (C=O) groups is 1. The van der Waals surface area contributed by atoms with Crippen molar-refractivity contribution in [3.8, 4) is 0 Å². The second kappa shape index (κ2) is 6.52. The number of nitrogens with one attached hydrogen (secondary N) is 2. The fourth-order valence-electron chi connectivity index (χ4n) is 2.51. The Morgan fingerprint density at radius 3 is 2.90 bits per heavy atom. The van der Waals surface area contributed by atoms with Crippen LogP contribution in [0, 0.1) is 12.3 Å². The first-order valence-electron chi connectivity index (χ1n) is 6.71. The fourth-order valence-corrected chi connectivity index (χ4v) is 2.66. The van der Waals surface area contributed by atoms with Gasteiger partial charge in [-0.05, 0) is 44.5 Å². The highest BCUT2D eigenvalue weighted by Crippen LogP contribution is 2.32. The molecular weight excluding hydrogens is 278 g/mol. The number of halogens is 1. The van der Waals surface area contributed by atoms with Crippen molar-refractivity contribution in [3.63, 3.8) is 0 Å². The van der Waals surface area contributed by atoms with E-state index in [0.29, 0.717) is 17.4 Å². The minimum atomic E-state index is -0.493. The van der Waals surface area contributed by atoms with Crippen LogP contribution in [0.4, 0.5) is 5.69 Å². The molecule has 1 aliphatic rings. The molecule has 2 rings (SSSR count). The van der Waals surface area contributed by atoms with Crippen LogP contribution in [0.5, 0.6) is 0 Å². The molecule has 2 N–H and O–H groups in total. The van der Waals surface area contributed by atoms with Crippen molar-refractivity contribution in [2.75, 3.05) is 32.1 Å². The second-order valence-electron chi connectivity index (χ2n) is 5.27. The molecule has 0 atom stereocenters. The van der Waals surface area contributed by atoms with Crippen LogP contribution in [0.3, 0.4) is 0 Å². The summed E-state index contributed by atoms with van der Waals surface area (Å²) in [5.74, 6) is -0.0462. The van der Waals surface area contributed by atoms with Crippen LogP contribution in [-0.4, -0.2) is 37.7 Å². The number of anilines is 1. The SMILES string of the molecule is COCC1(C(=O)Nc2cc(C)cnc2Cl)CCNCC1. The molecule has 0 spiro atoms. The van der Waals surface area contributed by atoms with Gasteiger partial charge in [0.25, 0.3) is 0 Å². The van der Waals surface area contributed by atoms with E-state index in [1.807, 2.05) is 13.0 Å². The Bertz CT molecular complexity index is 482. The summed E-state index contributed by atoms with van der Waals surface area (Å²) in [4.78, 5) is 16.7. The molecule has 0 bridgehead atoms. The molecule has 1 fully saturated rings. The molecule has 110 valence electrons. The van der Waals surface area contributed by atoms with Gasteiger partial charge in [0, 0.05) is 13.3 Å². The molecule has 6 heteroatoms. The molecule has 0 aromatic carbocycles. The molecule has 1 saturated heterocycles. The Balaban J connectivity index is 2.18. The first-order chi connectivity index (χ1) is 9.57. The topological polar surface area (TPSA) is 63.2 Å². The lowest BCUT2D eigenvalue weighted by Crippen LogP contribution is -2.47. The molecule has 1 aliphatic heterocycles. The molecule has 1 aromatic rings. The number of pyridine rings is 1. The van der Waals surface area contributed by atoms with Crippen LogP contribution in [0.15, 0.2) is 12.3 Å². The minimum absolute atomic E-state index is 0.0462. The second-order valence-corrected chi connectivity index (χ2v) is 5.63. The van der Waals surface area contributed by atoms with E-state index in [1.165, 1.54) is 0 Å². The number of aryl methyl sites for hydroxylation is 1. The average Bonchev–Trinajstić information content (AvgIpc) is 2.44. The summed E-state index contributed by atoms with van der Waals surface area (Å²) in [7, 11) is 1.62. The van der Waals surface area contributed by atoms with E-state index in [4.69, 9.17) is 16.3 Å². The molecule has 20 heavy (non-hydrogen) atoms. The van der Waals surface area contributed by atoms with Crippen LogP contribution >= 0.6 is 11.6 Å². The lowest BCUT2D eigenvalue weighted by molar-refractivity contribution is -0.130. The van der Waals surface area contributed by atoms with Gasteiger partial charge >= 0.3 is 0 Å². The molecule has 5 nitrogen and oxygen atoms in total. The van der Waals surface area contributed by atoms with Crippen molar-refractivity contribution in [1.82, 2.24) is 10.3 Å². The molecule has 1 aromatic heterocycles. The maximum Gasteiger partial charge on any atom is 0.233 e. The number of piperidine rings is 1. The normalized spacial score (nSPS) is 17.8. The highest BCUT2D eigenvalue weighted by Gasteiger charge is 2.39. The first-order valence-corrected chi connectivity index (χ1v) is 7.08. The third kappa shape index (κ3) is 3.29. The van der Waals surface area contributed by atoms with Crippen LogP contribution in [-0.2, 0) is 9.53 Å². The standard InChI is InChI=1S/C14H20ClN3O2/c1-10-7-11(12(15)17-8-10)18-13(19)14(9-20-2)3-5-16-6-4-14/h7-8,16H,3-6,9H2,1-2H3,(H,18,19). The molecular formula is C14H20ClN3O2. The van der Waals surface area contributed by atoms with Crippen molar-refractivity contribution in [1.29, 1.82) is 0 Å². The number of methoxy groups -OCH3 is 1. The highest BCUT2D eigenvalue weighted by atomic mass is 35.5. The zero-order valence-electron chi connectivity index (χ0n) is 11.8. The van der Waals surface area contributed by atoms with Gasteiger partial charge in [0.2, 0.25) is 5.91 Å². The minimum Gasteiger partial charge on any atom is -0.384 e. The monoisotopic (exact) mass is 297 g/mol. The molecule has 0 radical (unpaired) electrons. The van der Waals surface area contributed by atoms with Crippen molar-refractivity contribution < 1.29 is 9.53 Å². The maximum absolute atomic E-state index is 12.6. The molecule has 0 aliphatic carbocycles. The van der Waals surface area contributed by atoms with Gasteiger partial charge in [0.05, 0.1) is 17.7 Å².